The monoisotopic (exact) mass is 362 g/mol. The van der Waals surface area contributed by atoms with Gasteiger partial charge in [-0.2, -0.15) is 0 Å². The first-order chi connectivity index (χ1) is 12.4. The average Bonchev–Trinajstić information content (AvgIpc) is 3.17. The molecule has 26 heavy (non-hydrogen) atoms. The van der Waals surface area contributed by atoms with Gasteiger partial charge in [0.05, 0.1) is 18.6 Å². The van der Waals surface area contributed by atoms with Gasteiger partial charge in [-0.05, 0) is 69.1 Å². The predicted molar refractivity (Wildman–Crippen MR) is 99.2 cm³/mol. The maximum absolute atomic E-state index is 11.4. The van der Waals surface area contributed by atoms with Gasteiger partial charge in [-0.3, -0.25) is 0 Å². The number of carbonyl (C=O) groups excluding carboxylic acids is 1. The maximum Gasteiger partial charge on any atom is 0.336 e. The highest BCUT2D eigenvalue weighted by molar-refractivity contribution is 5.90. The van der Waals surface area contributed by atoms with Crippen molar-refractivity contribution < 1.29 is 24.2 Å². The Bertz CT molecular complexity index is 614. The van der Waals surface area contributed by atoms with Gasteiger partial charge < -0.3 is 19.4 Å². The van der Waals surface area contributed by atoms with E-state index in [1.807, 2.05) is 6.07 Å². The second kappa shape index (κ2) is 10.3. The number of aliphatic hydroxyl groups is 2. The third-order valence-electron chi connectivity index (χ3n) is 4.71. The Balaban J connectivity index is 1.60. The van der Waals surface area contributed by atoms with Crippen LogP contribution >= 0.6 is 0 Å². The molecule has 1 aliphatic heterocycles. The highest BCUT2D eigenvalue weighted by Crippen LogP contribution is 2.22. The predicted octanol–water partition coefficient (Wildman–Crippen LogP) is 3.91. The van der Waals surface area contributed by atoms with Gasteiger partial charge in [0.25, 0.3) is 0 Å². The molecule has 1 aromatic heterocycles. The summed E-state index contributed by atoms with van der Waals surface area (Å²) >= 11 is 0. The van der Waals surface area contributed by atoms with E-state index in [0.717, 1.165) is 32.1 Å². The standard InChI is InChI=1S/C21H30O5/c1-15(5-3-7-17-9-10-25-14-17)11-19(22)12-16(2)6-4-8-18-13-20(23)26-21(18)24/h5,9-10,13-14,16,19-20,22-23H,3-4,6-8,11-12H2,1-2H3. The fourth-order valence-corrected chi connectivity index (χ4v) is 3.33. The highest BCUT2D eigenvalue weighted by Gasteiger charge is 2.23. The molecule has 0 fully saturated rings. The molecule has 3 atom stereocenters. The van der Waals surface area contributed by atoms with Crippen LogP contribution in [0.3, 0.4) is 0 Å². The largest absolute Gasteiger partial charge is 0.472 e. The number of hydrogen-bond donors (Lipinski definition) is 2. The van der Waals surface area contributed by atoms with Crippen LogP contribution in [0.5, 0.6) is 0 Å². The Kier molecular flexibility index (Phi) is 8.13. The van der Waals surface area contributed by atoms with Crippen LogP contribution in [0, 0.1) is 5.92 Å². The number of hydrogen-bond acceptors (Lipinski definition) is 5. The normalized spacial score (nSPS) is 20.0. The molecular weight excluding hydrogens is 332 g/mol. The number of ether oxygens (including phenoxy) is 1. The van der Waals surface area contributed by atoms with Crippen LogP contribution in [-0.2, 0) is 16.0 Å². The van der Waals surface area contributed by atoms with E-state index in [4.69, 9.17) is 4.42 Å². The highest BCUT2D eigenvalue weighted by atomic mass is 16.6. The zero-order valence-electron chi connectivity index (χ0n) is 15.7. The van der Waals surface area contributed by atoms with Gasteiger partial charge in [0.15, 0.2) is 0 Å². The van der Waals surface area contributed by atoms with Gasteiger partial charge in [-0.1, -0.05) is 25.0 Å². The lowest BCUT2D eigenvalue weighted by atomic mass is 9.93. The third-order valence-corrected chi connectivity index (χ3v) is 4.71. The minimum atomic E-state index is -1.08. The topological polar surface area (TPSA) is 79.9 Å². The lowest BCUT2D eigenvalue weighted by Crippen LogP contribution is -2.12. The molecule has 3 unspecified atom stereocenters. The van der Waals surface area contributed by atoms with Crippen LogP contribution < -0.4 is 0 Å². The van der Waals surface area contributed by atoms with Crippen molar-refractivity contribution in [2.75, 3.05) is 0 Å². The summed E-state index contributed by atoms with van der Waals surface area (Å²) in [6, 6.07) is 1.97. The Morgan fingerprint density at radius 2 is 2.19 bits per heavy atom. The summed E-state index contributed by atoms with van der Waals surface area (Å²) in [5.74, 6) is -0.0342. The first-order valence-corrected chi connectivity index (χ1v) is 9.38. The van der Waals surface area contributed by atoms with Crippen LogP contribution in [0.15, 0.2) is 46.3 Å². The van der Waals surface area contributed by atoms with Gasteiger partial charge in [0.1, 0.15) is 0 Å². The second-order valence-corrected chi connectivity index (χ2v) is 7.30. The minimum Gasteiger partial charge on any atom is -0.472 e. The van der Waals surface area contributed by atoms with Crippen molar-refractivity contribution in [1.29, 1.82) is 0 Å². The summed E-state index contributed by atoms with van der Waals surface area (Å²) in [6.07, 6.45) is 11.4. The number of rotatable bonds is 11. The Morgan fingerprint density at radius 1 is 1.38 bits per heavy atom. The molecule has 0 amide bonds. The molecule has 1 aliphatic rings. The molecule has 0 aromatic carbocycles. The molecule has 5 heteroatoms. The third kappa shape index (κ3) is 7.18. The van der Waals surface area contributed by atoms with E-state index in [0.29, 0.717) is 24.3 Å². The average molecular weight is 362 g/mol. The lowest BCUT2D eigenvalue weighted by Gasteiger charge is -2.16. The molecule has 2 rings (SSSR count). The Labute approximate surface area is 155 Å². The fourth-order valence-electron chi connectivity index (χ4n) is 3.33. The van der Waals surface area contributed by atoms with Crippen molar-refractivity contribution in [3.8, 4) is 0 Å². The van der Waals surface area contributed by atoms with Crippen molar-refractivity contribution in [2.45, 2.75) is 71.2 Å². The van der Waals surface area contributed by atoms with Crippen molar-refractivity contribution in [3.63, 3.8) is 0 Å². The van der Waals surface area contributed by atoms with Crippen molar-refractivity contribution in [1.82, 2.24) is 0 Å². The maximum atomic E-state index is 11.4. The van der Waals surface area contributed by atoms with Crippen LogP contribution in [-0.4, -0.2) is 28.6 Å². The molecule has 0 saturated heterocycles. The molecule has 0 radical (unpaired) electrons. The fraction of sp³-hybridized carbons (Fsp3) is 0.571. The number of aliphatic hydroxyl groups excluding tert-OH is 2. The van der Waals surface area contributed by atoms with Crippen LogP contribution in [0.4, 0.5) is 0 Å². The van der Waals surface area contributed by atoms with E-state index in [9.17, 15) is 15.0 Å². The van der Waals surface area contributed by atoms with E-state index in [1.54, 1.807) is 12.5 Å². The minimum absolute atomic E-state index is 0.340. The van der Waals surface area contributed by atoms with Gasteiger partial charge in [-0.25, -0.2) is 4.79 Å². The van der Waals surface area contributed by atoms with Gasteiger partial charge in [0, 0.05) is 5.57 Å². The van der Waals surface area contributed by atoms with Crippen molar-refractivity contribution in [3.05, 3.63) is 47.5 Å². The van der Waals surface area contributed by atoms with Crippen LogP contribution in [0.1, 0.15) is 57.9 Å². The molecule has 0 bridgehead atoms. The zero-order chi connectivity index (χ0) is 18.9. The van der Waals surface area contributed by atoms with E-state index >= 15 is 0 Å². The van der Waals surface area contributed by atoms with E-state index in [1.165, 1.54) is 17.2 Å². The molecule has 1 aromatic rings. The number of carbonyl (C=O) groups is 1. The van der Waals surface area contributed by atoms with E-state index < -0.39 is 12.3 Å². The molecular formula is C21H30O5. The summed E-state index contributed by atoms with van der Waals surface area (Å²) in [4.78, 5) is 11.4. The molecule has 0 aliphatic carbocycles. The molecule has 2 heterocycles. The summed E-state index contributed by atoms with van der Waals surface area (Å²) < 4.78 is 9.72. The summed E-state index contributed by atoms with van der Waals surface area (Å²) in [5.41, 5.74) is 2.96. The summed E-state index contributed by atoms with van der Waals surface area (Å²) in [6.45, 7) is 4.18. The number of furan rings is 1. The van der Waals surface area contributed by atoms with E-state index in [2.05, 4.69) is 24.7 Å². The van der Waals surface area contributed by atoms with Gasteiger partial charge >= 0.3 is 5.97 Å². The zero-order valence-corrected chi connectivity index (χ0v) is 15.7. The SMILES string of the molecule is CC(=CCCc1ccoc1)CC(O)CC(C)CCCC1=CC(O)OC1=O. The number of esters is 1. The molecule has 144 valence electrons. The van der Waals surface area contributed by atoms with E-state index in [-0.39, 0.29) is 6.10 Å². The summed E-state index contributed by atoms with van der Waals surface area (Å²) in [7, 11) is 0. The van der Waals surface area contributed by atoms with Gasteiger partial charge in [-0.15, -0.1) is 0 Å². The molecule has 0 saturated carbocycles. The molecule has 5 nitrogen and oxygen atoms in total. The van der Waals surface area contributed by atoms with Crippen LogP contribution in [0.25, 0.3) is 0 Å². The van der Waals surface area contributed by atoms with Crippen molar-refractivity contribution in [2.24, 2.45) is 5.92 Å². The smallest absolute Gasteiger partial charge is 0.336 e. The number of cyclic esters (lactones) is 1. The number of allylic oxidation sites excluding steroid dienone is 1. The Hall–Kier alpha value is -1.85. The lowest BCUT2D eigenvalue weighted by molar-refractivity contribution is -0.151. The van der Waals surface area contributed by atoms with Crippen molar-refractivity contribution >= 4 is 5.97 Å². The first-order valence-electron chi connectivity index (χ1n) is 9.38. The summed E-state index contributed by atoms with van der Waals surface area (Å²) in [5, 5.41) is 19.5. The first kappa shape index (κ1) is 20.5. The number of aryl methyl sites for hydroxylation is 1. The quantitative estimate of drug-likeness (QED) is 0.461. The Morgan fingerprint density at radius 3 is 2.85 bits per heavy atom. The molecule has 2 N–H and O–H groups in total. The van der Waals surface area contributed by atoms with Gasteiger partial charge in [0.2, 0.25) is 6.29 Å². The van der Waals surface area contributed by atoms with Crippen LogP contribution in [0.2, 0.25) is 0 Å². The molecule has 0 spiro atoms. The second-order valence-electron chi connectivity index (χ2n) is 7.30.